The molecule has 0 bridgehead atoms. The number of phenols is 1. The first-order valence-electron chi connectivity index (χ1n) is 7.53. The first-order valence-corrected chi connectivity index (χ1v) is 7.53. The van der Waals surface area contributed by atoms with Crippen molar-refractivity contribution in [3.63, 3.8) is 0 Å². The fourth-order valence-corrected chi connectivity index (χ4v) is 2.94. The van der Waals surface area contributed by atoms with Crippen LogP contribution in [0.5, 0.6) is 5.75 Å². The first-order chi connectivity index (χ1) is 10.6. The third-order valence-corrected chi connectivity index (χ3v) is 4.12. The highest BCUT2D eigenvalue weighted by Crippen LogP contribution is 2.41. The summed E-state index contributed by atoms with van der Waals surface area (Å²) in [5.74, 6) is 0.356. The molecule has 0 aliphatic heterocycles. The summed E-state index contributed by atoms with van der Waals surface area (Å²) in [5, 5.41) is 10.9. The predicted molar refractivity (Wildman–Crippen MR) is 93.2 cm³/mol. The van der Waals surface area contributed by atoms with Crippen molar-refractivity contribution in [2.45, 2.75) is 20.8 Å². The Morgan fingerprint density at radius 2 is 1.00 bits per heavy atom. The molecule has 22 heavy (non-hydrogen) atoms. The van der Waals surface area contributed by atoms with Gasteiger partial charge in [-0.2, -0.15) is 0 Å². The molecule has 1 heteroatoms. The fraction of sp³-hybridized carbons (Fsp3) is 0.143. The number of aromatic hydroxyl groups is 1. The fourth-order valence-electron chi connectivity index (χ4n) is 2.94. The van der Waals surface area contributed by atoms with Gasteiger partial charge in [0.15, 0.2) is 0 Å². The van der Waals surface area contributed by atoms with Gasteiger partial charge in [0.05, 0.1) is 0 Å². The molecule has 1 N–H and O–H groups in total. The average molecular weight is 288 g/mol. The molecule has 0 heterocycles. The molecule has 0 fully saturated rings. The van der Waals surface area contributed by atoms with Crippen LogP contribution in [0.25, 0.3) is 22.3 Å². The molecule has 0 aliphatic rings. The summed E-state index contributed by atoms with van der Waals surface area (Å²) in [6.45, 7) is 6.22. The maximum absolute atomic E-state index is 10.9. The van der Waals surface area contributed by atoms with Gasteiger partial charge >= 0.3 is 0 Å². The van der Waals surface area contributed by atoms with Gasteiger partial charge in [-0.1, -0.05) is 48.5 Å². The van der Waals surface area contributed by atoms with Crippen molar-refractivity contribution in [2.75, 3.05) is 0 Å². The lowest BCUT2D eigenvalue weighted by atomic mass is 9.91. The molecular formula is C21H20O. The van der Waals surface area contributed by atoms with E-state index in [2.05, 4.69) is 57.2 Å². The van der Waals surface area contributed by atoms with Crippen molar-refractivity contribution in [1.82, 2.24) is 0 Å². The highest BCUT2D eigenvalue weighted by molar-refractivity contribution is 5.84. The zero-order chi connectivity index (χ0) is 15.7. The van der Waals surface area contributed by atoms with Gasteiger partial charge in [0.2, 0.25) is 0 Å². The highest BCUT2D eigenvalue weighted by atomic mass is 16.3. The molecule has 0 aromatic heterocycles. The summed E-state index contributed by atoms with van der Waals surface area (Å²) in [6, 6.07) is 20.4. The Labute approximate surface area is 131 Å². The van der Waals surface area contributed by atoms with Crippen LogP contribution in [0.1, 0.15) is 16.7 Å². The Morgan fingerprint density at radius 3 is 1.41 bits per heavy atom. The largest absolute Gasteiger partial charge is 0.507 e. The normalized spacial score (nSPS) is 10.7. The zero-order valence-electron chi connectivity index (χ0n) is 13.2. The molecule has 3 rings (SSSR count). The monoisotopic (exact) mass is 288 g/mol. The van der Waals surface area contributed by atoms with Crippen molar-refractivity contribution in [1.29, 1.82) is 0 Å². The predicted octanol–water partition coefficient (Wildman–Crippen LogP) is 5.65. The van der Waals surface area contributed by atoms with E-state index in [0.717, 1.165) is 27.8 Å². The van der Waals surface area contributed by atoms with Crippen molar-refractivity contribution in [3.05, 3.63) is 77.4 Å². The molecule has 0 spiro atoms. The lowest BCUT2D eigenvalue weighted by Gasteiger charge is -2.15. The summed E-state index contributed by atoms with van der Waals surface area (Å²) in [4.78, 5) is 0. The summed E-state index contributed by atoms with van der Waals surface area (Å²) < 4.78 is 0. The van der Waals surface area contributed by atoms with Gasteiger partial charge in [-0.25, -0.2) is 0 Å². The smallest absolute Gasteiger partial charge is 0.131 e. The van der Waals surface area contributed by atoms with Gasteiger partial charge in [0.25, 0.3) is 0 Å². The summed E-state index contributed by atoms with van der Waals surface area (Å²) >= 11 is 0. The van der Waals surface area contributed by atoms with Gasteiger partial charge in [0, 0.05) is 11.1 Å². The van der Waals surface area contributed by atoms with E-state index in [9.17, 15) is 5.11 Å². The minimum atomic E-state index is 0.356. The molecule has 0 saturated carbocycles. The number of hydrogen-bond acceptors (Lipinski definition) is 1. The zero-order valence-corrected chi connectivity index (χ0v) is 13.2. The van der Waals surface area contributed by atoms with Crippen LogP contribution in [-0.2, 0) is 0 Å². The van der Waals surface area contributed by atoms with Crippen molar-refractivity contribution < 1.29 is 5.11 Å². The molecule has 1 nitrogen and oxygen atoms in total. The molecular weight excluding hydrogens is 268 g/mol. The van der Waals surface area contributed by atoms with E-state index in [-0.39, 0.29) is 0 Å². The maximum Gasteiger partial charge on any atom is 0.131 e. The number of aryl methyl sites for hydroxylation is 3. The van der Waals surface area contributed by atoms with E-state index in [1.54, 1.807) is 0 Å². The van der Waals surface area contributed by atoms with E-state index >= 15 is 0 Å². The second-order valence-corrected chi connectivity index (χ2v) is 5.84. The van der Waals surface area contributed by atoms with Crippen LogP contribution in [0.4, 0.5) is 0 Å². The molecule has 0 amide bonds. The van der Waals surface area contributed by atoms with Crippen LogP contribution < -0.4 is 0 Å². The summed E-state index contributed by atoms with van der Waals surface area (Å²) in [6.07, 6.45) is 0. The van der Waals surface area contributed by atoms with E-state index in [1.165, 1.54) is 11.1 Å². The lowest BCUT2D eigenvalue weighted by molar-refractivity contribution is 0.479. The van der Waals surface area contributed by atoms with Crippen molar-refractivity contribution in [2.24, 2.45) is 0 Å². The van der Waals surface area contributed by atoms with Gasteiger partial charge in [-0.05, 0) is 60.7 Å². The minimum absolute atomic E-state index is 0.356. The molecule has 0 saturated heterocycles. The molecule has 0 atom stereocenters. The van der Waals surface area contributed by atoms with Crippen LogP contribution in [0, 0.1) is 20.8 Å². The first kappa shape index (κ1) is 14.4. The lowest BCUT2D eigenvalue weighted by Crippen LogP contribution is -1.90. The van der Waals surface area contributed by atoms with E-state index in [0.29, 0.717) is 5.75 Å². The second kappa shape index (κ2) is 5.69. The maximum atomic E-state index is 10.9. The Bertz CT molecular complexity index is 764. The quantitative estimate of drug-likeness (QED) is 0.646. The van der Waals surface area contributed by atoms with E-state index in [1.807, 2.05) is 24.3 Å². The van der Waals surface area contributed by atoms with Crippen molar-refractivity contribution >= 4 is 0 Å². The van der Waals surface area contributed by atoms with Crippen molar-refractivity contribution in [3.8, 4) is 28.0 Å². The molecule has 0 radical (unpaired) electrons. The summed E-state index contributed by atoms with van der Waals surface area (Å²) in [5.41, 5.74) is 7.44. The molecule has 0 unspecified atom stereocenters. The summed E-state index contributed by atoms with van der Waals surface area (Å²) in [7, 11) is 0. The standard InChI is InChI=1S/C21H20O/c1-14-12-19(17-10-6-4-8-15(17)2)21(22)20(13-14)18-11-7-5-9-16(18)3/h4-13,22H,1-3H3. The third kappa shape index (κ3) is 2.50. The van der Waals surface area contributed by atoms with Gasteiger partial charge in [-0.3, -0.25) is 0 Å². The number of rotatable bonds is 2. The van der Waals surface area contributed by atoms with Crippen LogP contribution in [0.15, 0.2) is 60.7 Å². The van der Waals surface area contributed by atoms with Crippen LogP contribution >= 0.6 is 0 Å². The third-order valence-electron chi connectivity index (χ3n) is 4.12. The van der Waals surface area contributed by atoms with E-state index < -0.39 is 0 Å². The number of benzene rings is 3. The van der Waals surface area contributed by atoms with Crippen LogP contribution in [0.3, 0.4) is 0 Å². The Morgan fingerprint density at radius 1 is 0.591 bits per heavy atom. The molecule has 110 valence electrons. The number of phenolic OH excluding ortho intramolecular Hbond substituents is 1. The SMILES string of the molecule is Cc1cc(-c2ccccc2C)c(O)c(-c2ccccc2C)c1. The Kier molecular flexibility index (Phi) is 3.72. The molecule has 3 aromatic carbocycles. The topological polar surface area (TPSA) is 20.2 Å². The van der Waals surface area contributed by atoms with Gasteiger partial charge in [-0.15, -0.1) is 0 Å². The Balaban J connectivity index is 2.28. The van der Waals surface area contributed by atoms with Crippen LogP contribution in [-0.4, -0.2) is 5.11 Å². The minimum Gasteiger partial charge on any atom is -0.507 e. The van der Waals surface area contributed by atoms with Gasteiger partial charge in [0.1, 0.15) is 5.75 Å². The second-order valence-electron chi connectivity index (χ2n) is 5.84. The van der Waals surface area contributed by atoms with Crippen LogP contribution in [0.2, 0.25) is 0 Å². The van der Waals surface area contributed by atoms with E-state index in [4.69, 9.17) is 0 Å². The average Bonchev–Trinajstić information content (AvgIpc) is 2.51. The molecule has 3 aromatic rings. The number of hydrogen-bond donors (Lipinski definition) is 1. The highest BCUT2D eigenvalue weighted by Gasteiger charge is 2.14. The van der Waals surface area contributed by atoms with Gasteiger partial charge < -0.3 is 5.11 Å². The molecule has 0 aliphatic carbocycles. The Hall–Kier alpha value is -2.54.